The van der Waals surface area contributed by atoms with Crippen LogP contribution in [0.4, 0.5) is 0 Å². The van der Waals surface area contributed by atoms with Crippen molar-refractivity contribution in [2.45, 2.75) is 41.5 Å². The third-order valence-electron chi connectivity index (χ3n) is 4.19. The lowest BCUT2D eigenvalue weighted by Gasteiger charge is -2.20. The Labute approximate surface area is 133 Å². The maximum absolute atomic E-state index is 9.09. The van der Waals surface area contributed by atoms with E-state index >= 15 is 0 Å². The number of aryl methyl sites for hydroxylation is 6. The zero-order valence-electron chi connectivity index (χ0n) is 14.2. The van der Waals surface area contributed by atoms with Crippen molar-refractivity contribution in [3.8, 4) is 0 Å². The minimum atomic E-state index is -0.272. The molecule has 22 heavy (non-hydrogen) atoms. The van der Waals surface area contributed by atoms with Crippen molar-refractivity contribution in [2.24, 2.45) is 5.03 Å². The molecule has 2 rings (SSSR count). The smallest absolute Gasteiger partial charge is 0.136 e. The molecule has 0 aliphatic heterocycles. The van der Waals surface area contributed by atoms with Crippen molar-refractivity contribution in [3.05, 3.63) is 68.1 Å². The lowest BCUT2D eigenvalue weighted by atomic mass is 9.47. The van der Waals surface area contributed by atoms with E-state index in [1.54, 1.807) is 0 Å². The Morgan fingerprint density at radius 1 is 0.727 bits per heavy atom. The highest BCUT2D eigenvalue weighted by atomic mass is 15.1. The zero-order chi connectivity index (χ0) is 16.4. The molecule has 0 atom stereocenters. The topological polar surface area (TPSA) is 48.8 Å². The second-order valence-corrected chi connectivity index (χ2v) is 6.23. The average molecular weight is 291 g/mol. The first-order valence-corrected chi connectivity index (χ1v) is 7.54. The van der Waals surface area contributed by atoms with E-state index in [1.807, 2.05) is 0 Å². The summed E-state index contributed by atoms with van der Waals surface area (Å²) in [5, 5.41) is 4.15. The second-order valence-electron chi connectivity index (χ2n) is 6.23. The van der Waals surface area contributed by atoms with Gasteiger partial charge in [0.1, 0.15) is 0 Å². The molecule has 0 fully saturated rings. The van der Waals surface area contributed by atoms with Crippen molar-refractivity contribution >= 4 is 17.8 Å². The van der Waals surface area contributed by atoms with Gasteiger partial charge in [-0.3, -0.25) is 0 Å². The Hall–Kier alpha value is -2.19. The van der Waals surface area contributed by atoms with Gasteiger partial charge in [-0.25, -0.2) is 0 Å². The van der Waals surface area contributed by atoms with Crippen molar-refractivity contribution in [3.63, 3.8) is 0 Å². The van der Waals surface area contributed by atoms with Gasteiger partial charge in [0.05, 0.1) is 0 Å². The van der Waals surface area contributed by atoms with Crippen LogP contribution in [0.25, 0.3) is 10.4 Å². The average Bonchev–Trinajstić information content (AvgIpc) is 2.36. The predicted molar refractivity (Wildman–Crippen MR) is 95.5 cm³/mol. The molecule has 0 heterocycles. The highest BCUT2D eigenvalue weighted by Crippen LogP contribution is 2.12. The molecule has 0 radical (unpaired) electrons. The van der Waals surface area contributed by atoms with E-state index in [4.69, 9.17) is 5.53 Å². The number of azide groups is 1. The quantitative estimate of drug-likeness (QED) is 0.356. The molecule has 0 amide bonds. The lowest BCUT2D eigenvalue weighted by molar-refractivity contribution is 1.33. The number of rotatable bonds is 3. The minimum Gasteiger partial charge on any atom is -0.136 e. The molecule has 0 aliphatic rings. The fourth-order valence-corrected chi connectivity index (χ4v) is 3.56. The van der Waals surface area contributed by atoms with Gasteiger partial charge >= 0.3 is 6.85 Å². The molecular formula is C18H22BN3. The largest absolute Gasteiger partial charge is 0.310 e. The molecule has 0 saturated carbocycles. The van der Waals surface area contributed by atoms with Gasteiger partial charge < -0.3 is 0 Å². The predicted octanol–water partition coefficient (Wildman–Crippen LogP) is 3.95. The summed E-state index contributed by atoms with van der Waals surface area (Å²) in [5.41, 5.74) is 18.5. The SMILES string of the molecule is Cc1cc(C)c(B(N=[N+]=[N-])c2c(C)cc(C)cc2C)c(C)c1. The first kappa shape index (κ1) is 16.2. The van der Waals surface area contributed by atoms with Gasteiger partial charge in [0.2, 0.25) is 0 Å². The summed E-state index contributed by atoms with van der Waals surface area (Å²) in [6.45, 7) is 12.3. The van der Waals surface area contributed by atoms with E-state index in [9.17, 15) is 0 Å². The van der Waals surface area contributed by atoms with Crippen LogP contribution >= 0.6 is 0 Å². The highest BCUT2D eigenvalue weighted by molar-refractivity contribution is 6.85. The summed E-state index contributed by atoms with van der Waals surface area (Å²) < 4.78 is 0. The summed E-state index contributed by atoms with van der Waals surface area (Å²) in [4.78, 5) is 3.12. The summed E-state index contributed by atoms with van der Waals surface area (Å²) in [7, 11) is 0. The Balaban J connectivity index is 2.75. The summed E-state index contributed by atoms with van der Waals surface area (Å²) in [6, 6.07) is 8.62. The van der Waals surface area contributed by atoms with Gasteiger partial charge in [-0.1, -0.05) is 68.6 Å². The maximum Gasteiger partial charge on any atom is 0.310 e. The molecule has 0 aliphatic carbocycles. The van der Waals surface area contributed by atoms with Crippen LogP contribution < -0.4 is 10.9 Å². The van der Waals surface area contributed by atoms with Crippen LogP contribution in [0.3, 0.4) is 0 Å². The van der Waals surface area contributed by atoms with Crippen LogP contribution in [-0.2, 0) is 0 Å². The molecule has 0 spiro atoms. The summed E-state index contributed by atoms with van der Waals surface area (Å²) >= 11 is 0. The number of hydrogen-bond acceptors (Lipinski definition) is 1. The van der Waals surface area contributed by atoms with Gasteiger partial charge in [0.15, 0.2) is 0 Å². The van der Waals surface area contributed by atoms with E-state index in [1.165, 1.54) is 33.4 Å². The first-order chi connectivity index (χ1) is 10.3. The third-order valence-corrected chi connectivity index (χ3v) is 4.19. The van der Waals surface area contributed by atoms with E-state index in [0.29, 0.717) is 0 Å². The Kier molecular flexibility index (Phi) is 4.63. The summed E-state index contributed by atoms with van der Waals surface area (Å²) in [6.07, 6.45) is 0. The lowest BCUT2D eigenvalue weighted by Crippen LogP contribution is -2.46. The van der Waals surface area contributed by atoms with Crippen LogP contribution in [-0.4, -0.2) is 6.85 Å². The molecular weight excluding hydrogens is 269 g/mol. The zero-order valence-corrected chi connectivity index (χ0v) is 14.2. The van der Waals surface area contributed by atoms with Crippen LogP contribution in [0.2, 0.25) is 0 Å². The Morgan fingerprint density at radius 3 is 1.32 bits per heavy atom. The highest BCUT2D eigenvalue weighted by Gasteiger charge is 2.25. The Bertz CT molecular complexity index is 670. The van der Waals surface area contributed by atoms with Crippen molar-refractivity contribution in [1.29, 1.82) is 0 Å². The van der Waals surface area contributed by atoms with Crippen LogP contribution in [0, 0.1) is 41.5 Å². The van der Waals surface area contributed by atoms with E-state index in [0.717, 1.165) is 10.9 Å². The van der Waals surface area contributed by atoms with E-state index in [2.05, 4.69) is 75.7 Å². The normalized spacial score (nSPS) is 10.3. The van der Waals surface area contributed by atoms with Crippen LogP contribution in [0.15, 0.2) is 29.3 Å². The van der Waals surface area contributed by atoms with Crippen molar-refractivity contribution < 1.29 is 0 Å². The first-order valence-electron chi connectivity index (χ1n) is 7.54. The van der Waals surface area contributed by atoms with Gasteiger partial charge in [-0.15, -0.1) is 5.03 Å². The number of hydrogen-bond donors (Lipinski definition) is 0. The van der Waals surface area contributed by atoms with Crippen LogP contribution in [0.1, 0.15) is 33.4 Å². The van der Waals surface area contributed by atoms with Gasteiger partial charge in [0.25, 0.3) is 0 Å². The standard InChI is InChI=1S/C18H22BN3/c1-11-7-13(3)17(14(4)8-11)19(21-22-20)18-15(5)9-12(2)10-16(18)6/h7-10H,1-6H3. The van der Waals surface area contributed by atoms with Gasteiger partial charge in [-0.2, -0.15) is 0 Å². The Morgan fingerprint density at radius 2 is 1.05 bits per heavy atom. The molecule has 2 aromatic rings. The third kappa shape index (κ3) is 3.02. The molecule has 3 nitrogen and oxygen atoms in total. The second kappa shape index (κ2) is 6.29. The molecule has 2 aromatic carbocycles. The minimum absolute atomic E-state index is 0.272. The molecule has 0 aromatic heterocycles. The fourth-order valence-electron chi connectivity index (χ4n) is 3.56. The monoisotopic (exact) mass is 291 g/mol. The molecule has 112 valence electrons. The van der Waals surface area contributed by atoms with E-state index < -0.39 is 0 Å². The van der Waals surface area contributed by atoms with Crippen molar-refractivity contribution in [1.82, 2.24) is 0 Å². The summed E-state index contributed by atoms with van der Waals surface area (Å²) in [5.74, 6) is 0. The van der Waals surface area contributed by atoms with E-state index in [-0.39, 0.29) is 6.85 Å². The molecule has 0 unspecified atom stereocenters. The number of benzene rings is 2. The fraction of sp³-hybridized carbons (Fsp3) is 0.333. The van der Waals surface area contributed by atoms with Crippen LogP contribution in [0.5, 0.6) is 0 Å². The van der Waals surface area contributed by atoms with Crippen molar-refractivity contribution in [2.75, 3.05) is 0 Å². The number of nitrogens with zero attached hydrogens (tertiary/aromatic N) is 3. The molecule has 0 N–H and O–H groups in total. The van der Waals surface area contributed by atoms with Gasteiger partial charge in [-0.05, 0) is 52.0 Å². The van der Waals surface area contributed by atoms with Gasteiger partial charge in [0, 0.05) is 0 Å². The molecule has 0 saturated heterocycles. The maximum atomic E-state index is 9.09. The molecule has 4 heteroatoms. The molecule has 0 bridgehead atoms.